The van der Waals surface area contributed by atoms with Crippen LogP contribution in [0.25, 0.3) is 0 Å². The third-order valence-corrected chi connectivity index (χ3v) is 3.11. The molecule has 24 heavy (non-hydrogen) atoms. The lowest BCUT2D eigenvalue weighted by molar-refractivity contribution is -0.496. The minimum atomic E-state index is -1.15. The Labute approximate surface area is 138 Å². The van der Waals surface area contributed by atoms with Crippen LogP contribution in [0, 0.1) is 0 Å². The van der Waals surface area contributed by atoms with Crippen molar-refractivity contribution in [2.75, 3.05) is 6.61 Å². The van der Waals surface area contributed by atoms with E-state index in [2.05, 4.69) is 5.73 Å². The van der Waals surface area contributed by atoms with Gasteiger partial charge in [0.05, 0.1) is 0 Å². The molecule has 0 amide bonds. The zero-order valence-corrected chi connectivity index (χ0v) is 14.0. The highest BCUT2D eigenvalue weighted by molar-refractivity contribution is 5.68. The first-order chi connectivity index (χ1) is 11.1. The first-order valence-corrected chi connectivity index (χ1v) is 7.25. The SMILES string of the molecule is CC(=O)OC[C@@H]1O[C@@H](OC(C)=O)[C@@H]([NH3+])[C@@H](OC(C)=O)[C@H]1OC(C)=O. The Hall–Kier alpha value is -2.20. The second kappa shape index (κ2) is 8.60. The summed E-state index contributed by atoms with van der Waals surface area (Å²) in [6.45, 7) is 4.44. The minimum absolute atomic E-state index is 0.282. The molecule has 10 heteroatoms. The normalized spacial score (nSPS) is 29.3. The molecule has 5 atom stereocenters. The monoisotopic (exact) mass is 348 g/mol. The maximum absolute atomic E-state index is 11.4. The van der Waals surface area contributed by atoms with E-state index in [1.54, 1.807) is 0 Å². The highest BCUT2D eigenvalue weighted by Crippen LogP contribution is 2.25. The number of carbonyl (C=O) groups is 4. The van der Waals surface area contributed by atoms with Crippen molar-refractivity contribution >= 4 is 23.9 Å². The van der Waals surface area contributed by atoms with Crippen LogP contribution < -0.4 is 5.73 Å². The molecule has 1 aliphatic rings. The fraction of sp³-hybridized carbons (Fsp3) is 0.714. The van der Waals surface area contributed by atoms with Crippen LogP contribution in [0.2, 0.25) is 0 Å². The Bertz CT molecular complexity index is 490. The Morgan fingerprint density at radius 3 is 1.79 bits per heavy atom. The molecule has 1 aliphatic heterocycles. The van der Waals surface area contributed by atoms with Crippen LogP contribution in [0.4, 0.5) is 0 Å². The molecule has 1 fully saturated rings. The summed E-state index contributed by atoms with van der Waals surface area (Å²) in [6, 6.07) is -0.851. The molecule has 0 aliphatic carbocycles. The van der Waals surface area contributed by atoms with Crippen LogP contribution in [-0.2, 0) is 42.9 Å². The molecule has 0 aromatic carbocycles. The van der Waals surface area contributed by atoms with Gasteiger partial charge in [0, 0.05) is 27.7 Å². The van der Waals surface area contributed by atoms with Crippen molar-refractivity contribution in [3.8, 4) is 0 Å². The standard InChI is InChI=1S/C14H21NO9/c1-6(16)20-5-10-12(21-7(2)17)13(22-8(3)18)11(15)14(24-10)23-9(4)19/h10-14H,5,15H2,1-4H3/p+1/t10-,11-,12-,13+,14+/m0/s1. The van der Waals surface area contributed by atoms with Crippen molar-refractivity contribution in [1.29, 1.82) is 0 Å². The third-order valence-electron chi connectivity index (χ3n) is 3.11. The van der Waals surface area contributed by atoms with E-state index in [9.17, 15) is 19.2 Å². The van der Waals surface area contributed by atoms with Gasteiger partial charge < -0.3 is 29.4 Å². The number of carbonyl (C=O) groups excluding carboxylic acids is 4. The lowest BCUT2D eigenvalue weighted by atomic mass is 9.97. The van der Waals surface area contributed by atoms with E-state index in [0.717, 1.165) is 0 Å². The fourth-order valence-corrected chi connectivity index (χ4v) is 2.25. The number of ether oxygens (including phenoxy) is 5. The first-order valence-electron chi connectivity index (χ1n) is 7.25. The number of hydrogen-bond acceptors (Lipinski definition) is 9. The van der Waals surface area contributed by atoms with Crippen LogP contribution >= 0.6 is 0 Å². The molecule has 1 heterocycles. The van der Waals surface area contributed by atoms with Crippen molar-refractivity contribution in [2.45, 2.75) is 58.3 Å². The van der Waals surface area contributed by atoms with Gasteiger partial charge in [0.2, 0.25) is 0 Å². The lowest BCUT2D eigenvalue weighted by Crippen LogP contribution is -2.79. The van der Waals surface area contributed by atoms with Gasteiger partial charge in [0.1, 0.15) is 12.7 Å². The summed E-state index contributed by atoms with van der Waals surface area (Å²) in [7, 11) is 0. The van der Waals surface area contributed by atoms with E-state index in [1.165, 1.54) is 27.7 Å². The highest BCUT2D eigenvalue weighted by Gasteiger charge is 2.52. The molecule has 3 N–H and O–H groups in total. The van der Waals surface area contributed by atoms with Crippen LogP contribution in [0.3, 0.4) is 0 Å². The van der Waals surface area contributed by atoms with Gasteiger partial charge in [-0.2, -0.15) is 0 Å². The molecule has 0 unspecified atom stereocenters. The molecule has 0 radical (unpaired) electrons. The summed E-state index contributed by atoms with van der Waals surface area (Å²) in [6.07, 6.45) is -4.26. The van der Waals surface area contributed by atoms with Crippen molar-refractivity contribution in [3.63, 3.8) is 0 Å². The molecule has 1 saturated heterocycles. The molecular weight excluding hydrogens is 326 g/mol. The lowest BCUT2D eigenvalue weighted by Gasteiger charge is -2.41. The van der Waals surface area contributed by atoms with Crippen LogP contribution in [0.5, 0.6) is 0 Å². The average molecular weight is 348 g/mol. The molecule has 136 valence electrons. The van der Waals surface area contributed by atoms with E-state index in [1.807, 2.05) is 0 Å². The Balaban J connectivity index is 3.08. The Morgan fingerprint density at radius 2 is 1.33 bits per heavy atom. The summed E-state index contributed by atoms with van der Waals surface area (Å²) < 4.78 is 25.8. The molecule has 0 aromatic rings. The predicted molar refractivity (Wildman–Crippen MR) is 74.8 cm³/mol. The summed E-state index contributed by atoms with van der Waals surface area (Å²) in [5.74, 6) is -2.50. The second-order valence-electron chi connectivity index (χ2n) is 5.27. The fourth-order valence-electron chi connectivity index (χ4n) is 2.25. The third kappa shape index (κ3) is 5.78. The molecule has 0 spiro atoms. The number of quaternary nitrogens is 1. The zero-order valence-electron chi connectivity index (χ0n) is 14.0. The van der Waals surface area contributed by atoms with Gasteiger partial charge in [-0.15, -0.1) is 0 Å². The van der Waals surface area contributed by atoms with Gasteiger partial charge >= 0.3 is 23.9 Å². The second-order valence-corrected chi connectivity index (χ2v) is 5.27. The summed E-state index contributed by atoms with van der Waals surface area (Å²) in [5.41, 5.74) is 3.78. The summed E-state index contributed by atoms with van der Waals surface area (Å²) >= 11 is 0. The maximum Gasteiger partial charge on any atom is 0.305 e. The highest BCUT2D eigenvalue weighted by atomic mass is 16.7. The Morgan fingerprint density at radius 1 is 0.833 bits per heavy atom. The molecule has 0 bridgehead atoms. The number of rotatable bonds is 5. The van der Waals surface area contributed by atoms with Gasteiger partial charge in [-0.25, -0.2) is 0 Å². The average Bonchev–Trinajstić information content (AvgIpc) is 2.42. The Kier molecular flexibility index (Phi) is 7.11. The van der Waals surface area contributed by atoms with Crippen LogP contribution in [-0.4, -0.2) is 61.1 Å². The van der Waals surface area contributed by atoms with Gasteiger partial charge in [-0.05, 0) is 0 Å². The van der Waals surface area contributed by atoms with E-state index in [-0.39, 0.29) is 6.61 Å². The first kappa shape index (κ1) is 19.8. The topological polar surface area (TPSA) is 142 Å². The maximum atomic E-state index is 11.4. The van der Waals surface area contributed by atoms with Gasteiger partial charge in [0.25, 0.3) is 6.29 Å². The van der Waals surface area contributed by atoms with Gasteiger partial charge in [-0.3, -0.25) is 19.2 Å². The zero-order chi connectivity index (χ0) is 18.4. The largest absolute Gasteiger partial charge is 0.463 e. The van der Waals surface area contributed by atoms with Crippen LogP contribution in [0.1, 0.15) is 27.7 Å². The van der Waals surface area contributed by atoms with E-state index < -0.39 is 54.5 Å². The van der Waals surface area contributed by atoms with Crippen molar-refractivity contribution in [1.82, 2.24) is 0 Å². The van der Waals surface area contributed by atoms with Gasteiger partial charge in [-0.1, -0.05) is 0 Å². The summed E-state index contributed by atoms with van der Waals surface area (Å²) in [5, 5.41) is 0. The molecular formula is C14H22NO9+. The van der Waals surface area contributed by atoms with Crippen LogP contribution in [0.15, 0.2) is 0 Å². The van der Waals surface area contributed by atoms with Crippen molar-refractivity contribution in [3.05, 3.63) is 0 Å². The van der Waals surface area contributed by atoms with E-state index >= 15 is 0 Å². The minimum Gasteiger partial charge on any atom is -0.463 e. The smallest absolute Gasteiger partial charge is 0.305 e. The van der Waals surface area contributed by atoms with Crippen molar-refractivity contribution < 1.29 is 48.6 Å². The molecule has 1 rings (SSSR count). The van der Waals surface area contributed by atoms with E-state index in [0.29, 0.717) is 0 Å². The molecule has 10 nitrogen and oxygen atoms in total. The van der Waals surface area contributed by atoms with E-state index in [4.69, 9.17) is 23.7 Å². The molecule has 0 aromatic heterocycles. The van der Waals surface area contributed by atoms with Gasteiger partial charge in [0.15, 0.2) is 18.2 Å². The quantitative estimate of drug-likeness (QED) is 0.455. The number of hydrogen-bond donors (Lipinski definition) is 1. The molecule has 0 saturated carbocycles. The number of esters is 4. The predicted octanol–water partition coefficient (Wildman–Crippen LogP) is -1.69. The van der Waals surface area contributed by atoms with Crippen molar-refractivity contribution in [2.24, 2.45) is 0 Å². The summed E-state index contributed by atoms with van der Waals surface area (Å²) in [4.78, 5) is 45.0.